The molecule has 3 rings (SSSR count). The van der Waals surface area contributed by atoms with Crippen LogP contribution in [0.4, 0.5) is 18.9 Å². The van der Waals surface area contributed by atoms with Crippen LogP contribution < -0.4 is 4.90 Å². The minimum absolute atomic E-state index is 0.0345. The molecule has 0 spiro atoms. The van der Waals surface area contributed by atoms with Gasteiger partial charge in [-0.3, -0.25) is 9.59 Å². The number of carbonyl (C=O) groups is 2. The van der Waals surface area contributed by atoms with Crippen LogP contribution in [0.25, 0.3) is 0 Å². The van der Waals surface area contributed by atoms with Gasteiger partial charge in [0.1, 0.15) is 0 Å². The Morgan fingerprint density at radius 2 is 2.00 bits per heavy atom. The summed E-state index contributed by atoms with van der Waals surface area (Å²) in [5.41, 5.74) is -1.20. The molecule has 2 heterocycles. The fourth-order valence-electron chi connectivity index (χ4n) is 3.72. The number of alkyl halides is 3. The van der Waals surface area contributed by atoms with Crippen molar-refractivity contribution in [2.75, 3.05) is 24.5 Å². The normalized spacial score (nSPS) is 24.3. The highest BCUT2D eigenvalue weighted by Crippen LogP contribution is 2.40. The van der Waals surface area contributed by atoms with Gasteiger partial charge >= 0.3 is 6.18 Å². The van der Waals surface area contributed by atoms with Crippen molar-refractivity contribution in [3.63, 3.8) is 0 Å². The Hall–Kier alpha value is -1.76. The Morgan fingerprint density at radius 3 is 2.65 bits per heavy atom. The number of benzene rings is 1. The molecule has 2 atom stereocenters. The number of amides is 2. The third-order valence-corrected chi connectivity index (χ3v) is 5.23. The van der Waals surface area contributed by atoms with Gasteiger partial charge in [-0.15, -0.1) is 0 Å². The van der Waals surface area contributed by atoms with Crippen molar-refractivity contribution in [2.45, 2.75) is 32.4 Å². The van der Waals surface area contributed by atoms with Gasteiger partial charge in [0.15, 0.2) is 0 Å². The van der Waals surface area contributed by atoms with Crippen LogP contribution >= 0.6 is 11.6 Å². The van der Waals surface area contributed by atoms with E-state index in [1.807, 2.05) is 0 Å². The van der Waals surface area contributed by atoms with Crippen LogP contribution in [0.3, 0.4) is 0 Å². The van der Waals surface area contributed by atoms with Crippen LogP contribution in [0.5, 0.6) is 0 Å². The molecule has 1 aromatic carbocycles. The molecule has 0 aliphatic carbocycles. The average molecular weight is 389 g/mol. The second kappa shape index (κ2) is 7.10. The second-order valence-electron chi connectivity index (χ2n) is 7.10. The molecule has 0 N–H and O–H groups in total. The summed E-state index contributed by atoms with van der Waals surface area (Å²) >= 11 is 5.70. The maximum atomic E-state index is 13.3. The van der Waals surface area contributed by atoms with E-state index in [-0.39, 0.29) is 29.6 Å². The summed E-state index contributed by atoms with van der Waals surface area (Å²) in [7, 11) is 0. The Morgan fingerprint density at radius 1 is 1.27 bits per heavy atom. The molecule has 8 heteroatoms. The highest BCUT2D eigenvalue weighted by Gasteiger charge is 2.42. The molecule has 2 aliphatic heterocycles. The summed E-state index contributed by atoms with van der Waals surface area (Å²) in [6.07, 6.45) is -2.74. The Bertz CT molecular complexity index is 723. The van der Waals surface area contributed by atoms with Crippen LogP contribution in [0.1, 0.15) is 31.7 Å². The highest BCUT2D eigenvalue weighted by molar-refractivity contribution is 6.30. The van der Waals surface area contributed by atoms with Gasteiger partial charge < -0.3 is 9.80 Å². The molecule has 4 nitrogen and oxygen atoms in total. The van der Waals surface area contributed by atoms with Crippen LogP contribution in [-0.4, -0.2) is 36.3 Å². The topological polar surface area (TPSA) is 40.6 Å². The largest absolute Gasteiger partial charge is 0.418 e. The quantitative estimate of drug-likeness (QED) is 0.769. The standard InChI is InChI=1S/C18H20ClF3N2O2/c1-11-3-2-6-23(9-11)17(26)12-7-16(25)24(10-12)15-5-4-13(19)8-14(15)18(20,21)22/h4-5,8,11-12H,2-3,6-7,9-10H2,1H3. The van der Waals surface area contributed by atoms with E-state index in [0.717, 1.165) is 23.8 Å². The van der Waals surface area contributed by atoms with Crippen molar-refractivity contribution >= 4 is 29.1 Å². The van der Waals surface area contributed by atoms with E-state index in [4.69, 9.17) is 11.6 Å². The van der Waals surface area contributed by atoms with Gasteiger partial charge in [-0.1, -0.05) is 18.5 Å². The molecule has 2 amide bonds. The van der Waals surface area contributed by atoms with Gasteiger partial charge in [0.2, 0.25) is 11.8 Å². The molecule has 2 unspecified atom stereocenters. The third kappa shape index (κ3) is 3.82. The van der Waals surface area contributed by atoms with E-state index in [2.05, 4.69) is 6.92 Å². The maximum Gasteiger partial charge on any atom is 0.418 e. The SMILES string of the molecule is CC1CCCN(C(=O)C2CC(=O)N(c3ccc(Cl)cc3C(F)(F)F)C2)C1. The summed E-state index contributed by atoms with van der Waals surface area (Å²) < 4.78 is 40.0. The number of nitrogens with zero attached hydrogens (tertiary/aromatic N) is 2. The monoisotopic (exact) mass is 388 g/mol. The number of likely N-dealkylation sites (tertiary alicyclic amines) is 1. The highest BCUT2D eigenvalue weighted by atomic mass is 35.5. The Labute approximate surface area is 154 Å². The zero-order valence-corrected chi connectivity index (χ0v) is 15.1. The second-order valence-corrected chi connectivity index (χ2v) is 7.53. The van der Waals surface area contributed by atoms with Crippen molar-refractivity contribution < 1.29 is 22.8 Å². The first-order valence-corrected chi connectivity index (χ1v) is 9.00. The lowest BCUT2D eigenvalue weighted by atomic mass is 9.98. The molecular weight excluding hydrogens is 369 g/mol. The summed E-state index contributed by atoms with van der Waals surface area (Å²) in [4.78, 5) is 27.9. The fourth-order valence-corrected chi connectivity index (χ4v) is 3.90. The first-order chi connectivity index (χ1) is 12.2. The molecule has 2 saturated heterocycles. The number of hydrogen-bond donors (Lipinski definition) is 0. The average Bonchev–Trinajstić information content (AvgIpc) is 2.95. The van der Waals surface area contributed by atoms with Gasteiger partial charge in [0.25, 0.3) is 0 Å². The zero-order valence-electron chi connectivity index (χ0n) is 14.4. The maximum absolute atomic E-state index is 13.3. The molecule has 0 aromatic heterocycles. The summed E-state index contributed by atoms with van der Waals surface area (Å²) in [6.45, 7) is 3.31. The molecule has 2 aliphatic rings. The summed E-state index contributed by atoms with van der Waals surface area (Å²) in [6, 6.07) is 3.32. The van der Waals surface area contributed by atoms with E-state index in [1.54, 1.807) is 4.90 Å². The molecule has 0 bridgehead atoms. The Balaban J connectivity index is 1.81. The van der Waals surface area contributed by atoms with Gasteiger partial charge in [0, 0.05) is 31.1 Å². The van der Waals surface area contributed by atoms with Gasteiger partial charge in [-0.2, -0.15) is 13.2 Å². The van der Waals surface area contributed by atoms with E-state index < -0.39 is 23.6 Å². The van der Waals surface area contributed by atoms with Crippen LogP contribution in [-0.2, 0) is 15.8 Å². The minimum Gasteiger partial charge on any atom is -0.342 e. The number of rotatable bonds is 2. The first-order valence-electron chi connectivity index (χ1n) is 8.62. The molecule has 142 valence electrons. The molecule has 26 heavy (non-hydrogen) atoms. The van der Waals surface area contributed by atoms with Gasteiger partial charge in [-0.05, 0) is 37.0 Å². The van der Waals surface area contributed by atoms with E-state index in [1.165, 1.54) is 12.1 Å². The lowest BCUT2D eigenvalue weighted by molar-refractivity contribution is -0.138. The van der Waals surface area contributed by atoms with Crippen LogP contribution in [0.2, 0.25) is 5.02 Å². The zero-order chi connectivity index (χ0) is 19.1. The van der Waals surface area contributed by atoms with E-state index >= 15 is 0 Å². The fraction of sp³-hybridized carbons (Fsp3) is 0.556. The molecule has 0 saturated carbocycles. The van der Waals surface area contributed by atoms with Crippen LogP contribution in [0.15, 0.2) is 18.2 Å². The van der Waals surface area contributed by atoms with Crippen LogP contribution in [0, 0.1) is 11.8 Å². The Kier molecular flexibility index (Phi) is 5.19. The van der Waals surface area contributed by atoms with Gasteiger partial charge in [0.05, 0.1) is 17.2 Å². The van der Waals surface area contributed by atoms with Gasteiger partial charge in [-0.25, -0.2) is 0 Å². The van der Waals surface area contributed by atoms with Crippen molar-refractivity contribution in [3.8, 4) is 0 Å². The molecular formula is C18H20ClF3N2O2. The van der Waals surface area contributed by atoms with Crippen molar-refractivity contribution in [2.24, 2.45) is 11.8 Å². The summed E-state index contributed by atoms with van der Waals surface area (Å²) in [5, 5.41) is -0.0531. The number of piperidine rings is 1. The lowest BCUT2D eigenvalue weighted by Gasteiger charge is -2.32. The number of halogens is 4. The predicted molar refractivity (Wildman–Crippen MR) is 91.9 cm³/mol. The number of carbonyl (C=O) groups excluding carboxylic acids is 2. The van der Waals surface area contributed by atoms with Crippen molar-refractivity contribution in [1.29, 1.82) is 0 Å². The molecule has 2 fully saturated rings. The molecule has 1 aromatic rings. The van der Waals surface area contributed by atoms with Crippen molar-refractivity contribution in [3.05, 3.63) is 28.8 Å². The van der Waals surface area contributed by atoms with E-state index in [0.29, 0.717) is 19.0 Å². The third-order valence-electron chi connectivity index (χ3n) is 5.00. The number of anilines is 1. The minimum atomic E-state index is -4.63. The lowest BCUT2D eigenvalue weighted by Crippen LogP contribution is -2.43. The smallest absolute Gasteiger partial charge is 0.342 e. The van der Waals surface area contributed by atoms with Crippen molar-refractivity contribution in [1.82, 2.24) is 4.90 Å². The predicted octanol–water partition coefficient (Wildman–Crippen LogP) is 3.97. The number of hydrogen-bond acceptors (Lipinski definition) is 2. The van der Waals surface area contributed by atoms with E-state index in [9.17, 15) is 22.8 Å². The summed E-state index contributed by atoms with van der Waals surface area (Å²) in [5.74, 6) is -0.824. The molecule has 0 radical (unpaired) electrons. The first kappa shape index (κ1) is 19.0.